The van der Waals surface area contributed by atoms with E-state index in [-0.39, 0.29) is 17.9 Å². The second kappa shape index (κ2) is 7.49. The summed E-state index contributed by atoms with van der Waals surface area (Å²) in [5.41, 5.74) is 0.279. The molecule has 4 nitrogen and oxygen atoms in total. The van der Waals surface area contributed by atoms with Gasteiger partial charge in [-0.3, -0.25) is 9.36 Å². The van der Waals surface area contributed by atoms with Gasteiger partial charge in [0.25, 0.3) is 11.7 Å². The lowest BCUT2D eigenvalue weighted by Crippen LogP contribution is -2.27. The fourth-order valence-corrected chi connectivity index (χ4v) is 2.43. The number of halogens is 4. The number of rotatable bonds is 6. The first-order valence-electron chi connectivity index (χ1n) is 6.48. The van der Waals surface area contributed by atoms with Crippen molar-refractivity contribution in [1.82, 2.24) is 14.5 Å². The van der Waals surface area contributed by atoms with Crippen LogP contribution in [0.4, 0.5) is 17.6 Å². The normalized spacial score (nSPS) is 11.3. The summed E-state index contributed by atoms with van der Waals surface area (Å²) in [6, 6.07) is 5.67. The van der Waals surface area contributed by atoms with Crippen molar-refractivity contribution in [2.75, 3.05) is 7.05 Å². The highest BCUT2D eigenvalue weighted by Gasteiger charge is 2.17. The summed E-state index contributed by atoms with van der Waals surface area (Å²) < 4.78 is 50.6. The zero-order valence-corrected chi connectivity index (χ0v) is 12.8. The van der Waals surface area contributed by atoms with Gasteiger partial charge in [-0.25, -0.2) is 4.98 Å². The molecule has 1 heterocycles. The van der Waals surface area contributed by atoms with Gasteiger partial charge in [-0.2, -0.15) is 17.6 Å². The monoisotopic (exact) mass is 347 g/mol. The molecule has 0 atom stereocenters. The lowest BCUT2D eigenvalue weighted by atomic mass is 10.2. The molecule has 2 rings (SSSR count). The number of thioether (sulfide) groups is 1. The molecule has 0 aliphatic carbocycles. The maximum absolute atomic E-state index is 12.7. The van der Waals surface area contributed by atoms with Crippen molar-refractivity contribution in [3.8, 4) is 0 Å². The molecule has 9 heteroatoms. The van der Waals surface area contributed by atoms with Crippen LogP contribution in [-0.4, -0.2) is 33.2 Å². The first-order valence-corrected chi connectivity index (χ1v) is 7.36. The van der Waals surface area contributed by atoms with Crippen LogP contribution in [0.3, 0.4) is 0 Å². The van der Waals surface area contributed by atoms with Crippen LogP contribution < -0.4 is 0 Å². The quantitative estimate of drug-likeness (QED) is 0.588. The van der Waals surface area contributed by atoms with Crippen molar-refractivity contribution in [1.29, 1.82) is 0 Å². The Kier molecular flexibility index (Phi) is 5.64. The highest BCUT2D eigenvalue weighted by Crippen LogP contribution is 2.25. The Morgan fingerprint density at radius 1 is 1.26 bits per heavy atom. The maximum atomic E-state index is 12.7. The van der Waals surface area contributed by atoms with Crippen LogP contribution in [0.1, 0.15) is 22.7 Å². The Morgan fingerprint density at radius 3 is 2.48 bits per heavy atom. The van der Waals surface area contributed by atoms with E-state index in [4.69, 9.17) is 0 Å². The van der Waals surface area contributed by atoms with Gasteiger partial charge in [0.1, 0.15) is 5.82 Å². The standard InChI is InChI=1S/C14H13F4N3OS/c1-20(8-11-19-6-7-21(11)13(15)16)12(22)9-2-4-10(5-3-9)23-14(17)18/h2-7,13-14H,8H2,1H3. The number of nitrogens with zero attached hydrogens (tertiary/aromatic N) is 3. The van der Waals surface area contributed by atoms with E-state index in [1.165, 1.54) is 42.4 Å². The van der Waals surface area contributed by atoms with Crippen LogP contribution in [0.2, 0.25) is 0 Å². The molecule has 0 fully saturated rings. The summed E-state index contributed by atoms with van der Waals surface area (Å²) in [7, 11) is 1.45. The van der Waals surface area contributed by atoms with Crippen molar-refractivity contribution in [3.63, 3.8) is 0 Å². The number of aromatic nitrogens is 2. The fraction of sp³-hybridized carbons (Fsp3) is 0.286. The van der Waals surface area contributed by atoms with Gasteiger partial charge in [0.15, 0.2) is 0 Å². The lowest BCUT2D eigenvalue weighted by molar-refractivity contribution is 0.0612. The zero-order chi connectivity index (χ0) is 17.0. The van der Waals surface area contributed by atoms with Crippen molar-refractivity contribution in [2.24, 2.45) is 0 Å². The third kappa shape index (κ3) is 4.47. The van der Waals surface area contributed by atoms with E-state index in [9.17, 15) is 22.4 Å². The zero-order valence-electron chi connectivity index (χ0n) is 12.0. The van der Waals surface area contributed by atoms with Crippen molar-refractivity contribution < 1.29 is 22.4 Å². The minimum absolute atomic E-state index is 0.0562. The van der Waals surface area contributed by atoms with E-state index in [2.05, 4.69) is 4.98 Å². The fourth-order valence-electron chi connectivity index (χ4n) is 1.93. The van der Waals surface area contributed by atoms with Gasteiger partial charge >= 0.3 is 6.55 Å². The minimum Gasteiger partial charge on any atom is -0.334 e. The molecule has 1 aromatic carbocycles. The molecule has 124 valence electrons. The van der Waals surface area contributed by atoms with Crippen LogP contribution in [-0.2, 0) is 6.54 Å². The van der Waals surface area contributed by atoms with Crippen LogP contribution >= 0.6 is 11.8 Å². The molecule has 0 N–H and O–H groups in total. The van der Waals surface area contributed by atoms with Crippen LogP contribution in [0.15, 0.2) is 41.6 Å². The summed E-state index contributed by atoms with van der Waals surface area (Å²) in [5.74, 6) is -2.89. The molecule has 0 aliphatic rings. The highest BCUT2D eigenvalue weighted by molar-refractivity contribution is 7.99. The topological polar surface area (TPSA) is 38.1 Å². The van der Waals surface area contributed by atoms with Gasteiger partial charge in [0, 0.05) is 29.9 Å². The largest absolute Gasteiger partial charge is 0.334 e. The number of amides is 1. The number of carbonyl (C=O) groups excluding carboxylic acids is 1. The number of benzene rings is 1. The van der Waals surface area contributed by atoms with E-state index in [1.54, 1.807) is 0 Å². The summed E-state index contributed by atoms with van der Waals surface area (Å²) in [6.07, 6.45) is 2.37. The molecule has 0 aliphatic heterocycles. The number of carbonyl (C=O) groups is 1. The number of imidazole rings is 1. The average Bonchev–Trinajstić information content (AvgIpc) is 2.95. The highest BCUT2D eigenvalue weighted by atomic mass is 32.2. The average molecular weight is 347 g/mol. The molecule has 1 aromatic heterocycles. The van der Waals surface area contributed by atoms with Gasteiger partial charge in [-0.15, -0.1) is 0 Å². The van der Waals surface area contributed by atoms with E-state index >= 15 is 0 Å². The third-order valence-electron chi connectivity index (χ3n) is 3.01. The molecule has 0 saturated carbocycles. The Balaban J connectivity index is 2.06. The molecule has 23 heavy (non-hydrogen) atoms. The van der Waals surface area contributed by atoms with Crippen molar-refractivity contribution in [3.05, 3.63) is 48.0 Å². The van der Waals surface area contributed by atoms with E-state index in [1.807, 2.05) is 0 Å². The second-order valence-electron chi connectivity index (χ2n) is 4.59. The molecule has 0 spiro atoms. The molecular weight excluding hydrogens is 334 g/mol. The van der Waals surface area contributed by atoms with Crippen LogP contribution in [0, 0.1) is 0 Å². The minimum atomic E-state index is -2.73. The molecule has 0 bridgehead atoms. The van der Waals surface area contributed by atoms with E-state index in [0.717, 1.165) is 6.20 Å². The molecule has 2 aromatic rings. The molecule has 0 unspecified atom stereocenters. The molecule has 1 amide bonds. The molecule has 0 saturated heterocycles. The SMILES string of the molecule is CN(Cc1nccn1C(F)F)C(=O)c1ccc(SC(F)F)cc1. The van der Waals surface area contributed by atoms with Gasteiger partial charge in [0.2, 0.25) is 0 Å². The molecular formula is C14H13F4N3OS. The van der Waals surface area contributed by atoms with Gasteiger partial charge in [-0.1, -0.05) is 11.8 Å². The van der Waals surface area contributed by atoms with Gasteiger partial charge in [-0.05, 0) is 24.3 Å². The predicted octanol–water partition coefficient (Wildman–Crippen LogP) is 3.87. The van der Waals surface area contributed by atoms with Crippen molar-refractivity contribution in [2.45, 2.75) is 23.7 Å². The van der Waals surface area contributed by atoms with Crippen LogP contribution in [0.5, 0.6) is 0 Å². The number of hydrogen-bond donors (Lipinski definition) is 0. The van der Waals surface area contributed by atoms with E-state index in [0.29, 0.717) is 21.2 Å². The first-order chi connectivity index (χ1) is 10.9. The van der Waals surface area contributed by atoms with Crippen LogP contribution in [0.25, 0.3) is 0 Å². The number of hydrogen-bond acceptors (Lipinski definition) is 3. The van der Waals surface area contributed by atoms with E-state index < -0.39 is 18.2 Å². The third-order valence-corrected chi connectivity index (χ3v) is 3.73. The Labute approximate surface area is 134 Å². The van der Waals surface area contributed by atoms with Gasteiger partial charge in [0.05, 0.1) is 6.54 Å². The Hall–Kier alpha value is -2.03. The molecule has 0 radical (unpaired) electrons. The summed E-state index contributed by atoms with van der Waals surface area (Å²) in [5, 5.41) is 0. The maximum Gasteiger partial charge on any atom is 0.319 e. The summed E-state index contributed by atoms with van der Waals surface area (Å²) in [4.78, 5) is 17.6. The van der Waals surface area contributed by atoms with Gasteiger partial charge < -0.3 is 4.90 Å². The first kappa shape index (κ1) is 17.3. The predicted molar refractivity (Wildman–Crippen MR) is 77.6 cm³/mol. The Morgan fingerprint density at radius 2 is 1.91 bits per heavy atom. The Bertz CT molecular complexity index is 660. The summed E-state index contributed by atoms with van der Waals surface area (Å²) >= 11 is 0.381. The second-order valence-corrected chi connectivity index (χ2v) is 5.66. The lowest BCUT2D eigenvalue weighted by Gasteiger charge is -2.17. The van der Waals surface area contributed by atoms with Crippen molar-refractivity contribution >= 4 is 17.7 Å². The summed E-state index contributed by atoms with van der Waals surface area (Å²) in [6.45, 7) is -2.83. The smallest absolute Gasteiger partial charge is 0.319 e. The number of alkyl halides is 4.